The van der Waals surface area contributed by atoms with Crippen LogP contribution < -0.4 is 4.74 Å². The molecule has 30 heavy (non-hydrogen) atoms. The summed E-state index contributed by atoms with van der Waals surface area (Å²) in [5, 5.41) is 9.60. The van der Waals surface area contributed by atoms with E-state index in [0.29, 0.717) is 22.8 Å². The van der Waals surface area contributed by atoms with Crippen LogP contribution >= 0.6 is 11.8 Å². The Labute approximate surface area is 181 Å². The highest BCUT2D eigenvalue weighted by molar-refractivity contribution is 7.99. The van der Waals surface area contributed by atoms with Crippen LogP contribution in [-0.4, -0.2) is 51.0 Å². The summed E-state index contributed by atoms with van der Waals surface area (Å²) in [7, 11) is 1.65. The molecule has 0 bridgehead atoms. The second-order valence-corrected chi connectivity index (χ2v) is 8.32. The van der Waals surface area contributed by atoms with Crippen molar-refractivity contribution >= 4 is 17.7 Å². The Morgan fingerprint density at radius 2 is 1.90 bits per heavy atom. The third-order valence-electron chi connectivity index (χ3n) is 5.25. The summed E-state index contributed by atoms with van der Waals surface area (Å²) < 4.78 is 7.55. The first-order valence-electron chi connectivity index (χ1n) is 10.2. The van der Waals surface area contributed by atoms with Gasteiger partial charge in [0.2, 0.25) is 5.91 Å². The lowest BCUT2D eigenvalue weighted by Crippen LogP contribution is -2.34. The average molecular weight is 423 g/mol. The van der Waals surface area contributed by atoms with Gasteiger partial charge in [-0.1, -0.05) is 41.6 Å². The van der Waals surface area contributed by atoms with E-state index in [-0.39, 0.29) is 5.91 Å². The number of benzene rings is 2. The standard InChI is InChI=1S/C23H26N4O2S/c1-4-26(17-13-14-17)21(28)15-30-23-25-24-22(19-7-5-6-8-20(19)29-3)27(23)18-11-9-16(2)10-12-18/h5-12,17H,4,13-15H2,1-3H3. The van der Waals surface area contributed by atoms with Crippen LogP contribution in [0.4, 0.5) is 0 Å². The maximum Gasteiger partial charge on any atom is 0.233 e. The Hall–Kier alpha value is -2.80. The molecule has 1 aliphatic carbocycles. The highest BCUT2D eigenvalue weighted by Crippen LogP contribution is 2.34. The van der Waals surface area contributed by atoms with Gasteiger partial charge in [0.1, 0.15) is 5.75 Å². The number of hydrogen-bond acceptors (Lipinski definition) is 5. The molecule has 1 fully saturated rings. The van der Waals surface area contributed by atoms with Crippen LogP contribution in [0.15, 0.2) is 53.7 Å². The van der Waals surface area contributed by atoms with E-state index in [2.05, 4.69) is 29.3 Å². The molecule has 0 saturated heterocycles. The summed E-state index contributed by atoms with van der Waals surface area (Å²) in [5.41, 5.74) is 2.99. The van der Waals surface area contributed by atoms with Crippen molar-refractivity contribution in [2.24, 2.45) is 0 Å². The molecule has 0 aliphatic heterocycles. The molecule has 4 rings (SSSR count). The molecule has 2 aromatic carbocycles. The summed E-state index contributed by atoms with van der Waals surface area (Å²) in [6, 6.07) is 16.4. The number of aromatic nitrogens is 3. The maximum atomic E-state index is 12.7. The number of hydrogen-bond donors (Lipinski definition) is 0. The van der Waals surface area contributed by atoms with Crippen molar-refractivity contribution in [3.8, 4) is 22.8 Å². The number of aryl methyl sites for hydroxylation is 1. The van der Waals surface area contributed by atoms with Gasteiger partial charge in [0.15, 0.2) is 11.0 Å². The average Bonchev–Trinajstić information content (AvgIpc) is 3.51. The number of ether oxygens (including phenoxy) is 1. The highest BCUT2D eigenvalue weighted by Gasteiger charge is 2.31. The first-order chi connectivity index (χ1) is 14.6. The molecule has 0 atom stereocenters. The van der Waals surface area contributed by atoms with Gasteiger partial charge in [-0.2, -0.15) is 0 Å². The van der Waals surface area contributed by atoms with Crippen LogP contribution in [0.1, 0.15) is 25.3 Å². The molecule has 0 N–H and O–H groups in total. The van der Waals surface area contributed by atoms with E-state index in [1.807, 2.05) is 52.8 Å². The van der Waals surface area contributed by atoms with Crippen molar-refractivity contribution < 1.29 is 9.53 Å². The van der Waals surface area contributed by atoms with E-state index in [0.717, 1.165) is 36.4 Å². The van der Waals surface area contributed by atoms with Gasteiger partial charge in [-0.15, -0.1) is 10.2 Å². The first kappa shape index (κ1) is 20.5. The first-order valence-corrected chi connectivity index (χ1v) is 11.2. The highest BCUT2D eigenvalue weighted by atomic mass is 32.2. The predicted octanol–water partition coefficient (Wildman–Crippen LogP) is 4.35. The molecule has 1 heterocycles. The van der Waals surface area contributed by atoms with Crippen LogP contribution in [0.3, 0.4) is 0 Å². The molecular formula is C23H26N4O2S. The largest absolute Gasteiger partial charge is 0.496 e. The lowest BCUT2D eigenvalue weighted by atomic mass is 10.1. The summed E-state index contributed by atoms with van der Waals surface area (Å²) in [6.07, 6.45) is 2.23. The molecule has 6 nitrogen and oxygen atoms in total. The molecule has 0 spiro atoms. The molecule has 0 unspecified atom stereocenters. The smallest absolute Gasteiger partial charge is 0.233 e. The van der Waals surface area contributed by atoms with Gasteiger partial charge in [0.25, 0.3) is 0 Å². The van der Waals surface area contributed by atoms with Gasteiger partial charge in [-0.3, -0.25) is 9.36 Å². The van der Waals surface area contributed by atoms with Gasteiger partial charge >= 0.3 is 0 Å². The Morgan fingerprint density at radius 3 is 2.57 bits per heavy atom. The quantitative estimate of drug-likeness (QED) is 0.505. The second-order valence-electron chi connectivity index (χ2n) is 7.38. The molecule has 7 heteroatoms. The van der Waals surface area contributed by atoms with Crippen molar-refractivity contribution in [2.75, 3.05) is 19.4 Å². The van der Waals surface area contributed by atoms with Crippen LogP contribution in [0.25, 0.3) is 17.1 Å². The summed E-state index contributed by atoms with van der Waals surface area (Å²) >= 11 is 1.43. The maximum absolute atomic E-state index is 12.7. The normalized spacial score (nSPS) is 13.3. The van der Waals surface area contributed by atoms with Crippen LogP contribution in [0, 0.1) is 6.92 Å². The topological polar surface area (TPSA) is 60.3 Å². The van der Waals surface area contributed by atoms with E-state index < -0.39 is 0 Å². The predicted molar refractivity (Wildman–Crippen MR) is 119 cm³/mol. The van der Waals surface area contributed by atoms with Gasteiger partial charge < -0.3 is 9.64 Å². The molecule has 3 aromatic rings. The van der Waals surface area contributed by atoms with Crippen LogP contribution in [0.2, 0.25) is 0 Å². The van der Waals surface area contributed by atoms with Crippen molar-refractivity contribution in [2.45, 2.75) is 37.9 Å². The summed E-state index contributed by atoms with van der Waals surface area (Å²) in [6.45, 7) is 4.85. The minimum absolute atomic E-state index is 0.155. The minimum atomic E-state index is 0.155. The fourth-order valence-corrected chi connectivity index (χ4v) is 4.37. The van der Waals surface area contributed by atoms with Gasteiger partial charge in [-0.05, 0) is 51.0 Å². The number of thioether (sulfide) groups is 1. The van der Waals surface area contributed by atoms with Gasteiger partial charge in [-0.25, -0.2) is 0 Å². The molecule has 0 radical (unpaired) electrons. The van der Waals surface area contributed by atoms with E-state index >= 15 is 0 Å². The molecule has 1 aliphatic rings. The Kier molecular flexibility index (Phi) is 6.08. The number of para-hydroxylation sites is 1. The van der Waals surface area contributed by atoms with Crippen molar-refractivity contribution in [3.63, 3.8) is 0 Å². The summed E-state index contributed by atoms with van der Waals surface area (Å²) in [5.74, 6) is 1.93. The molecule has 1 aromatic heterocycles. The second kappa shape index (κ2) is 8.92. The van der Waals surface area contributed by atoms with Crippen molar-refractivity contribution in [1.82, 2.24) is 19.7 Å². The number of carbonyl (C=O) groups is 1. The summed E-state index contributed by atoms with van der Waals surface area (Å²) in [4.78, 5) is 14.7. The zero-order valence-corrected chi connectivity index (χ0v) is 18.4. The number of nitrogens with zero attached hydrogens (tertiary/aromatic N) is 4. The van der Waals surface area contributed by atoms with E-state index in [4.69, 9.17) is 4.74 Å². The number of amides is 1. The lowest BCUT2D eigenvalue weighted by molar-refractivity contribution is -0.128. The Bertz CT molecular complexity index is 1030. The molecule has 1 saturated carbocycles. The van der Waals surface area contributed by atoms with Crippen molar-refractivity contribution in [1.29, 1.82) is 0 Å². The van der Waals surface area contributed by atoms with E-state index in [1.54, 1.807) is 7.11 Å². The number of methoxy groups -OCH3 is 1. The SMILES string of the molecule is CCN(C(=O)CSc1nnc(-c2ccccc2OC)n1-c1ccc(C)cc1)C1CC1. The van der Waals surface area contributed by atoms with E-state index in [1.165, 1.54) is 17.3 Å². The number of carbonyl (C=O) groups excluding carboxylic acids is 1. The van der Waals surface area contributed by atoms with Crippen molar-refractivity contribution in [3.05, 3.63) is 54.1 Å². The zero-order chi connectivity index (χ0) is 21.1. The molecule has 156 valence electrons. The third kappa shape index (κ3) is 4.21. The number of rotatable bonds is 8. The molecular weight excluding hydrogens is 396 g/mol. The van der Waals surface area contributed by atoms with Gasteiger partial charge in [0.05, 0.1) is 18.4 Å². The van der Waals surface area contributed by atoms with Crippen LogP contribution in [0.5, 0.6) is 5.75 Å². The Balaban J connectivity index is 1.69. The fourth-order valence-electron chi connectivity index (χ4n) is 3.53. The van der Waals surface area contributed by atoms with E-state index in [9.17, 15) is 4.79 Å². The van der Waals surface area contributed by atoms with Gasteiger partial charge in [0, 0.05) is 18.3 Å². The Morgan fingerprint density at radius 1 is 1.17 bits per heavy atom. The van der Waals surface area contributed by atoms with Crippen LogP contribution in [-0.2, 0) is 4.79 Å². The monoisotopic (exact) mass is 422 g/mol. The fraction of sp³-hybridized carbons (Fsp3) is 0.348. The lowest BCUT2D eigenvalue weighted by Gasteiger charge is -2.20. The molecule has 1 amide bonds. The third-order valence-corrected chi connectivity index (χ3v) is 6.16. The minimum Gasteiger partial charge on any atom is -0.496 e. The zero-order valence-electron chi connectivity index (χ0n) is 17.5.